The van der Waals surface area contributed by atoms with Gasteiger partial charge < -0.3 is 10.1 Å². The Labute approximate surface area is 153 Å². The largest absolute Gasteiger partial charge is 0.451 e. The highest BCUT2D eigenvalue weighted by atomic mass is 32.2. The summed E-state index contributed by atoms with van der Waals surface area (Å²) in [5.74, 6) is -1.61. The minimum absolute atomic E-state index is 0.00689. The quantitative estimate of drug-likeness (QED) is 0.614. The van der Waals surface area contributed by atoms with Gasteiger partial charge in [0.1, 0.15) is 5.71 Å². The van der Waals surface area contributed by atoms with Crippen LogP contribution < -0.4 is 5.32 Å². The lowest BCUT2D eigenvalue weighted by Crippen LogP contribution is -2.42. The zero-order valence-electron chi connectivity index (χ0n) is 15.1. The number of hydrazone groups is 1. The molecule has 1 atom stereocenters. The number of amides is 2. The molecule has 0 saturated carbocycles. The van der Waals surface area contributed by atoms with Crippen molar-refractivity contribution in [1.29, 1.82) is 0 Å². The molecule has 0 bridgehead atoms. The van der Waals surface area contributed by atoms with Crippen molar-refractivity contribution >= 4 is 33.3 Å². The van der Waals surface area contributed by atoms with Crippen molar-refractivity contribution in [2.45, 2.75) is 58.0 Å². The first-order valence-electron chi connectivity index (χ1n) is 8.82. The summed E-state index contributed by atoms with van der Waals surface area (Å²) >= 11 is 0. The first kappa shape index (κ1) is 20.3. The maximum absolute atomic E-state index is 12.1. The molecular weight excluding hydrogens is 362 g/mol. The molecular formula is C16H25N3O6S. The van der Waals surface area contributed by atoms with Gasteiger partial charge in [-0.1, -0.05) is 13.8 Å². The summed E-state index contributed by atoms with van der Waals surface area (Å²) in [6.07, 6.45) is 2.04. The van der Waals surface area contributed by atoms with Crippen LogP contribution in [0.1, 0.15) is 46.0 Å². The Hall–Kier alpha value is -1.97. The maximum atomic E-state index is 12.1. The summed E-state index contributed by atoms with van der Waals surface area (Å²) in [4.78, 5) is 36.0. The lowest BCUT2D eigenvalue weighted by atomic mass is 10.1. The number of carbonyl (C=O) groups is 3. The van der Waals surface area contributed by atoms with E-state index in [4.69, 9.17) is 4.74 Å². The second-order valence-electron chi connectivity index (χ2n) is 6.50. The molecule has 26 heavy (non-hydrogen) atoms. The average molecular weight is 387 g/mol. The molecule has 146 valence electrons. The fourth-order valence-electron chi connectivity index (χ4n) is 2.95. The summed E-state index contributed by atoms with van der Waals surface area (Å²) in [7, 11) is -3.18. The number of nitrogens with zero attached hydrogens (tertiary/aromatic N) is 2. The van der Waals surface area contributed by atoms with E-state index in [9.17, 15) is 22.8 Å². The van der Waals surface area contributed by atoms with Gasteiger partial charge >= 0.3 is 5.97 Å². The van der Waals surface area contributed by atoms with Crippen LogP contribution in [-0.2, 0) is 29.0 Å². The Morgan fingerprint density at radius 3 is 2.58 bits per heavy atom. The van der Waals surface area contributed by atoms with Crippen LogP contribution in [0.25, 0.3) is 0 Å². The van der Waals surface area contributed by atoms with Crippen molar-refractivity contribution in [2.75, 3.05) is 18.1 Å². The molecule has 2 amide bonds. The molecule has 1 fully saturated rings. The van der Waals surface area contributed by atoms with Gasteiger partial charge in [0, 0.05) is 18.9 Å². The summed E-state index contributed by atoms with van der Waals surface area (Å²) in [5, 5.41) is 7.86. The van der Waals surface area contributed by atoms with Gasteiger partial charge in [-0.05, 0) is 19.3 Å². The number of rotatable bonds is 7. The maximum Gasteiger partial charge on any atom is 0.355 e. The first-order chi connectivity index (χ1) is 12.3. The fraction of sp³-hybridized carbons (Fsp3) is 0.750. The van der Waals surface area contributed by atoms with Crippen LogP contribution >= 0.6 is 0 Å². The highest BCUT2D eigenvalue weighted by Gasteiger charge is 2.37. The van der Waals surface area contributed by atoms with Crippen molar-refractivity contribution in [3.05, 3.63) is 0 Å². The fourth-order valence-corrected chi connectivity index (χ4v) is 4.64. The van der Waals surface area contributed by atoms with Crippen LogP contribution in [0.3, 0.4) is 0 Å². The van der Waals surface area contributed by atoms with E-state index in [0.29, 0.717) is 6.42 Å². The Bertz CT molecular complexity index is 699. The van der Waals surface area contributed by atoms with Crippen LogP contribution in [0.4, 0.5) is 0 Å². The van der Waals surface area contributed by atoms with Gasteiger partial charge in [-0.25, -0.2) is 18.2 Å². The Balaban J connectivity index is 1.94. The summed E-state index contributed by atoms with van der Waals surface area (Å²) in [6.45, 7) is 3.48. The molecule has 1 N–H and O–H groups in total. The second-order valence-corrected chi connectivity index (χ2v) is 8.73. The van der Waals surface area contributed by atoms with Crippen LogP contribution in [0.5, 0.6) is 0 Å². The SMILES string of the molecule is CCC(CC)NC(=O)COC(=O)C1=NN([C@@H]2CCS(=O)(=O)C2)C(=O)CC1. The minimum atomic E-state index is -3.18. The van der Waals surface area contributed by atoms with E-state index in [2.05, 4.69) is 10.4 Å². The van der Waals surface area contributed by atoms with Crippen LogP contribution in [0.15, 0.2) is 5.10 Å². The van der Waals surface area contributed by atoms with Crippen molar-refractivity contribution in [3.8, 4) is 0 Å². The molecule has 9 nitrogen and oxygen atoms in total. The molecule has 2 heterocycles. The second kappa shape index (κ2) is 8.61. The number of hydrogen-bond acceptors (Lipinski definition) is 7. The standard InChI is InChI=1S/C16H25N3O6S/c1-3-11(4-2)17-14(20)9-25-16(22)13-5-6-15(21)19(18-13)12-7-8-26(23,24)10-12/h11-12H,3-10H2,1-2H3,(H,17,20)/t12-/m1/s1. The predicted molar refractivity (Wildman–Crippen MR) is 94.0 cm³/mol. The van der Waals surface area contributed by atoms with Crippen molar-refractivity contribution in [1.82, 2.24) is 10.3 Å². The van der Waals surface area contributed by atoms with Gasteiger partial charge in [0.15, 0.2) is 16.4 Å². The number of sulfone groups is 1. The molecule has 2 aliphatic heterocycles. The number of nitrogens with one attached hydrogen (secondary N) is 1. The highest BCUT2D eigenvalue weighted by Crippen LogP contribution is 2.22. The summed E-state index contributed by atoms with van der Waals surface area (Å²) in [5.41, 5.74) is 0.0317. The van der Waals surface area contributed by atoms with Crippen molar-refractivity contribution < 1.29 is 27.5 Å². The zero-order valence-corrected chi connectivity index (χ0v) is 15.9. The molecule has 2 aliphatic rings. The van der Waals surface area contributed by atoms with E-state index in [1.807, 2.05) is 13.8 Å². The molecule has 0 aromatic rings. The molecule has 0 unspecified atom stereocenters. The third kappa shape index (κ3) is 5.26. The van der Waals surface area contributed by atoms with Crippen molar-refractivity contribution in [2.24, 2.45) is 5.10 Å². The molecule has 0 radical (unpaired) electrons. The minimum Gasteiger partial charge on any atom is -0.451 e. The predicted octanol–water partition coefficient (Wildman–Crippen LogP) is -0.0001000. The van der Waals surface area contributed by atoms with Crippen molar-refractivity contribution in [3.63, 3.8) is 0 Å². The monoisotopic (exact) mass is 387 g/mol. The van der Waals surface area contributed by atoms with E-state index >= 15 is 0 Å². The summed E-state index contributed by atoms with van der Waals surface area (Å²) in [6, 6.07) is -0.514. The van der Waals surface area contributed by atoms with Gasteiger partial charge in [0.05, 0.1) is 17.5 Å². The number of carbonyl (C=O) groups excluding carboxylic acids is 3. The number of ether oxygens (including phenoxy) is 1. The van der Waals surface area contributed by atoms with Crippen LogP contribution in [0.2, 0.25) is 0 Å². The van der Waals surface area contributed by atoms with E-state index in [-0.39, 0.29) is 42.0 Å². The Morgan fingerprint density at radius 2 is 2.00 bits per heavy atom. The van der Waals surface area contributed by atoms with E-state index in [1.165, 1.54) is 0 Å². The van der Waals surface area contributed by atoms with E-state index < -0.39 is 34.4 Å². The molecule has 0 aliphatic carbocycles. The molecule has 0 aromatic heterocycles. The zero-order chi connectivity index (χ0) is 19.3. The normalized spacial score (nSPS) is 22.3. The van der Waals surface area contributed by atoms with Gasteiger partial charge in [-0.3, -0.25) is 9.59 Å². The van der Waals surface area contributed by atoms with Gasteiger partial charge in [0.25, 0.3) is 5.91 Å². The Morgan fingerprint density at radius 1 is 1.31 bits per heavy atom. The van der Waals surface area contributed by atoms with Crippen LogP contribution in [-0.4, -0.2) is 67.1 Å². The van der Waals surface area contributed by atoms with Gasteiger partial charge in [-0.2, -0.15) is 5.10 Å². The lowest BCUT2D eigenvalue weighted by Gasteiger charge is -2.27. The topological polar surface area (TPSA) is 122 Å². The van der Waals surface area contributed by atoms with Gasteiger partial charge in [-0.15, -0.1) is 0 Å². The molecule has 10 heteroatoms. The molecule has 2 rings (SSSR count). The number of hydrogen-bond donors (Lipinski definition) is 1. The first-order valence-corrected chi connectivity index (χ1v) is 10.6. The molecule has 1 saturated heterocycles. The molecule has 0 spiro atoms. The van der Waals surface area contributed by atoms with Crippen LogP contribution in [0, 0.1) is 0 Å². The van der Waals surface area contributed by atoms with E-state index in [0.717, 1.165) is 17.9 Å². The smallest absolute Gasteiger partial charge is 0.355 e. The van der Waals surface area contributed by atoms with Gasteiger partial charge in [0.2, 0.25) is 5.91 Å². The average Bonchev–Trinajstić information content (AvgIpc) is 2.97. The lowest BCUT2D eigenvalue weighted by molar-refractivity contribution is -0.143. The van der Waals surface area contributed by atoms with E-state index in [1.54, 1.807) is 0 Å². The number of esters is 1. The highest BCUT2D eigenvalue weighted by molar-refractivity contribution is 7.91. The third-order valence-corrected chi connectivity index (χ3v) is 6.28. The third-order valence-electron chi connectivity index (χ3n) is 4.53. The molecule has 0 aromatic carbocycles. The summed E-state index contributed by atoms with van der Waals surface area (Å²) < 4.78 is 28.2. The Kier molecular flexibility index (Phi) is 6.74.